The second-order valence-electron chi connectivity index (χ2n) is 12.9. The van der Waals surface area contributed by atoms with E-state index in [2.05, 4.69) is 39.2 Å². The van der Waals surface area contributed by atoms with Crippen LogP contribution in [0.25, 0.3) is 32.9 Å². The molecule has 2 aromatic carbocycles. The Balaban J connectivity index is 1.27. The molecule has 0 radical (unpaired) electrons. The Hall–Kier alpha value is -3.27. The molecule has 0 atom stereocenters. The Morgan fingerprint density at radius 3 is 2.44 bits per heavy atom. The van der Waals surface area contributed by atoms with Gasteiger partial charge in [0.15, 0.2) is 5.82 Å². The highest BCUT2D eigenvalue weighted by Crippen LogP contribution is 2.39. The smallest absolute Gasteiger partial charge is 0.317 e. The minimum Gasteiger partial charge on any atom is -0.461 e. The maximum Gasteiger partial charge on any atom is 0.317 e. The Bertz CT molecular complexity index is 1640. The molecule has 7 rings (SSSR count). The zero-order chi connectivity index (χ0) is 29.6. The summed E-state index contributed by atoms with van der Waals surface area (Å²) in [5, 5.41) is 5.19. The number of hydrogen-bond acceptors (Lipinski definition) is 7. The first kappa shape index (κ1) is 28.5. The molecular formula is C34H40F2N6O. The van der Waals surface area contributed by atoms with Crippen molar-refractivity contribution in [3.63, 3.8) is 0 Å². The van der Waals surface area contributed by atoms with Crippen LogP contribution < -0.4 is 10.1 Å². The van der Waals surface area contributed by atoms with E-state index in [9.17, 15) is 0 Å². The Morgan fingerprint density at radius 2 is 1.70 bits per heavy atom. The van der Waals surface area contributed by atoms with Crippen LogP contribution in [0.2, 0.25) is 0 Å². The average molecular weight is 587 g/mol. The van der Waals surface area contributed by atoms with Crippen LogP contribution in [-0.2, 0) is 6.54 Å². The molecule has 0 spiro atoms. The van der Waals surface area contributed by atoms with Crippen LogP contribution in [0.5, 0.6) is 6.01 Å². The van der Waals surface area contributed by atoms with Gasteiger partial charge in [-0.2, -0.15) is 9.97 Å². The fraction of sp³-hybridized carbons (Fsp3) is 0.500. The van der Waals surface area contributed by atoms with E-state index in [-0.39, 0.29) is 28.3 Å². The van der Waals surface area contributed by atoms with Gasteiger partial charge in [-0.05, 0) is 77.2 Å². The van der Waals surface area contributed by atoms with Gasteiger partial charge in [0.2, 0.25) is 0 Å². The second kappa shape index (κ2) is 11.3. The number of pyridine rings is 1. The summed E-state index contributed by atoms with van der Waals surface area (Å²) in [6.45, 7) is 3.92. The minimum atomic E-state index is -0.594. The van der Waals surface area contributed by atoms with Gasteiger partial charge in [0.1, 0.15) is 23.6 Å². The van der Waals surface area contributed by atoms with Crippen molar-refractivity contribution in [1.82, 2.24) is 30.1 Å². The number of nitrogens with one attached hydrogen (secondary N) is 1. The molecule has 43 heavy (non-hydrogen) atoms. The maximum absolute atomic E-state index is 16.5. The van der Waals surface area contributed by atoms with Crippen molar-refractivity contribution >= 4 is 21.7 Å². The third-order valence-electron chi connectivity index (χ3n) is 10.4. The highest BCUT2D eigenvalue weighted by Gasteiger charge is 2.45. The monoisotopic (exact) mass is 586 g/mol. The molecule has 1 saturated carbocycles. The van der Waals surface area contributed by atoms with Gasteiger partial charge in [-0.1, -0.05) is 43.2 Å². The second-order valence-corrected chi connectivity index (χ2v) is 12.9. The van der Waals surface area contributed by atoms with Gasteiger partial charge in [-0.25, -0.2) is 8.78 Å². The molecule has 1 aliphatic carbocycles. The number of fused-ring (bicyclic) bond motifs is 3. The molecule has 0 unspecified atom stereocenters. The lowest BCUT2D eigenvalue weighted by atomic mass is 9.95. The molecule has 3 aliphatic rings. The largest absolute Gasteiger partial charge is 0.461 e. The summed E-state index contributed by atoms with van der Waals surface area (Å²) in [5.41, 5.74) is 1.39. The zero-order valence-electron chi connectivity index (χ0n) is 25.1. The van der Waals surface area contributed by atoms with Crippen molar-refractivity contribution in [1.29, 1.82) is 0 Å². The lowest BCUT2D eigenvalue weighted by Crippen LogP contribution is -2.49. The van der Waals surface area contributed by atoms with Crippen molar-refractivity contribution < 1.29 is 13.5 Å². The highest BCUT2D eigenvalue weighted by molar-refractivity contribution is 5.98. The molecule has 2 aliphatic heterocycles. The number of ether oxygens (including phenoxy) is 1. The molecule has 0 bridgehead atoms. The fourth-order valence-electron chi connectivity index (χ4n) is 7.86. The lowest BCUT2D eigenvalue weighted by Gasteiger charge is -2.36. The molecule has 2 aromatic heterocycles. The predicted molar refractivity (Wildman–Crippen MR) is 165 cm³/mol. The molecular weight excluding hydrogens is 546 g/mol. The molecule has 226 valence electrons. The van der Waals surface area contributed by atoms with Crippen LogP contribution in [0.15, 0.2) is 42.6 Å². The van der Waals surface area contributed by atoms with Gasteiger partial charge in [0.25, 0.3) is 0 Å². The molecule has 2 saturated heterocycles. The molecule has 4 aromatic rings. The van der Waals surface area contributed by atoms with Crippen LogP contribution in [0.4, 0.5) is 8.78 Å². The lowest BCUT2D eigenvalue weighted by molar-refractivity contribution is 0.107. The predicted octanol–water partition coefficient (Wildman–Crippen LogP) is 6.09. The summed E-state index contributed by atoms with van der Waals surface area (Å²) in [7, 11) is 4.29. The van der Waals surface area contributed by atoms with E-state index in [0.29, 0.717) is 40.6 Å². The van der Waals surface area contributed by atoms with Gasteiger partial charge in [-0.3, -0.25) is 9.88 Å². The van der Waals surface area contributed by atoms with Gasteiger partial charge in [-0.15, -0.1) is 0 Å². The number of benzene rings is 2. The topological polar surface area (TPSA) is 66.4 Å². The zero-order valence-corrected chi connectivity index (χ0v) is 25.1. The third kappa shape index (κ3) is 5.05. The maximum atomic E-state index is 16.5. The van der Waals surface area contributed by atoms with Crippen molar-refractivity contribution in [2.24, 2.45) is 0 Å². The van der Waals surface area contributed by atoms with Gasteiger partial charge < -0.3 is 15.0 Å². The Labute approximate surface area is 251 Å². The molecule has 1 N–H and O–H groups in total. The first-order chi connectivity index (χ1) is 20.9. The van der Waals surface area contributed by atoms with Crippen LogP contribution in [0, 0.1) is 11.6 Å². The van der Waals surface area contributed by atoms with Crippen LogP contribution in [-0.4, -0.2) is 76.2 Å². The Morgan fingerprint density at radius 1 is 0.953 bits per heavy atom. The third-order valence-corrected chi connectivity index (χ3v) is 10.4. The first-order valence-corrected chi connectivity index (χ1v) is 15.7. The Kier molecular flexibility index (Phi) is 7.51. The van der Waals surface area contributed by atoms with Gasteiger partial charge in [0.05, 0.1) is 11.2 Å². The molecule has 3 fully saturated rings. The number of likely N-dealkylation sites (N-methyl/N-ethyl adjacent to an activating group) is 1. The van der Waals surface area contributed by atoms with Crippen molar-refractivity contribution in [3.05, 3.63) is 59.9 Å². The number of halogens is 2. The quantitative estimate of drug-likeness (QED) is 0.255. The number of nitrogens with zero attached hydrogens (tertiary/aromatic N) is 5. The summed E-state index contributed by atoms with van der Waals surface area (Å²) in [4.78, 5) is 18.8. The highest BCUT2D eigenvalue weighted by atomic mass is 19.1. The van der Waals surface area contributed by atoms with E-state index in [1.165, 1.54) is 18.9 Å². The van der Waals surface area contributed by atoms with Crippen LogP contribution in [0.1, 0.15) is 57.1 Å². The minimum absolute atomic E-state index is 0.0136. The van der Waals surface area contributed by atoms with E-state index >= 15 is 8.78 Å². The average Bonchev–Trinajstić information content (AvgIpc) is 3.74. The van der Waals surface area contributed by atoms with E-state index in [1.807, 2.05) is 12.1 Å². The van der Waals surface area contributed by atoms with Gasteiger partial charge in [0, 0.05) is 41.2 Å². The summed E-state index contributed by atoms with van der Waals surface area (Å²) in [6.07, 6.45) is 10.9. The SMILES string of the molecule is CN(C)C1(CNCc2nc(OCC34CCCN3CCC4)nc3c(F)c(-c4cccc5cccc(F)c45)ncc23)CCCC1. The van der Waals surface area contributed by atoms with Crippen LogP contribution in [0.3, 0.4) is 0 Å². The first-order valence-electron chi connectivity index (χ1n) is 15.7. The molecule has 7 nitrogen and oxygen atoms in total. The van der Waals surface area contributed by atoms with Gasteiger partial charge >= 0.3 is 6.01 Å². The summed E-state index contributed by atoms with van der Waals surface area (Å²) >= 11 is 0. The van der Waals surface area contributed by atoms with E-state index in [1.54, 1.807) is 24.4 Å². The van der Waals surface area contributed by atoms with E-state index in [4.69, 9.17) is 9.72 Å². The van der Waals surface area contributed by atoms with E-state index < -0.39 is 11.6 Å². The molecule has 9 heteroatoms. The summed E-state index contributed by atoms with van der Waals surface area (Å²) in [6, 6.07) is 10.4. The fourth-order valence-corrected chi connectivity index (χ4v) is 7.86. The van der Waals surface area contributed by atoms with Crippen molar-refractivity contribution in [3.8, 4) is 17.3 Å². The van der Waals surface area contributed by atoms with Crippen LogP contribution >= 0.6 is 0 Å². The number of aromatic nitrogens is 3. The van der Waals surface area contributed by atoms with E-state index in [0.717, 1.165) is 58.2 Å². The van der Waals surface area contributed by atoms with Crippen molar-refractivity contribution in [2.75, 3.05) is 40.3 Å². The standard InChI is InChI=1S/C34H40F2N6O/c1-41(2)33(13-3-4-14-33)21-37-20-27-25-19-38-30(24-11-5-9-23-10-6-12-26(35)28(23)24)29(36)31(25)40-32(39-27)43-22-34-15-7-17-42(34)18-8-16-34/h5-6,9-12,19,37H,3-4,7-8,13-18,20-22H2,1-2H3. The summed E-state index contributed by atoms with van der Waals surface area (Å²) in [5.74, 6) is -1.01. The number of rotatable bonds is 9. The van der Waals surface area contributed by atoms with Crippen molar-refractivity contribution in [2.45, 2.75) is 69.0 Å². The molecule has 0 amide bonds. The molecule has 4 heterocycles. The summed E-state index contributed by atoms with van der Waals surface area (Å²) < 4.78 is 37.8. The number of hydrogen-bond donors (Lipinski definition) is 1. The normalized spacial score (nSPS) is 19.6.